The smallest absolute Gasteiger partial charge is 0.270 e. The number of carbonyl (C=O) groups is 1. The van der Waals surface area contributed by atoms with E-state index < -0.39 is 32.2 Å². The van der Waals surface area contributed by atoms with Crippen molar-refractivity contribution < 1.29 is 22.5 Å². The van der Waals surface area contributed by atoms with Gasteiger partial charge in [0.15, 0.2) is 0 Å². The molecule has 10 heteroatoms. The Hall–Kier alpha value is -3.63. The number of nitrogens with one attached hydrogen (secondary N) is 2. The van der Waals surface area contributed by atoms with Crippen LogP contribution in [0.1, 0.15) is 24.2 Å². The van der Waals surface area contributed by atoms with E-state index in [1.807, 2.05) is 13.8 Å². The van der Waals surface area contributed by atoms with Crippen molar-refractivity contribution in [3.63, 3.8) is 0 Å². The molecule has 2 N–H and O–H groups in total. The number of hydrogen-bond donors (Lipinski definition) is 2. The van der Waals surface area contributed by atoms with Gasteiger partial charge in [-0.2, -0.15) is 0 Å². The lowest BCUT2D eigenvalue weighted by Crippen LogP contribution is -2.27. The molecule has 0 fully saturated rings. The van der Waals surface area contributed by atoms with Crippen LogP contribution in [0.15, 0.2) is 71.6 Å². The first-order chi connectivity index (χ1) is 15.6. The van der Waals surface area contributed by atoms with Crippen molar-refractivity contribution in [2.45, 2.75) is 18.7 Å². The minimum absolute atomic E-state index is 0.162. The Morgan fingerprint density at radius 3 is 2.12 bits per heavy atom. The zero-order chi connectivity index (χ0) is 24.2. The summed E-state index contributed by atoms with van der Waals surface area (Å²) in [5.41, 5.74) is 1.08. The molecule has 0 aliphatic carbocycles. The highest BCUT2D eigenvalue weighted by atomic mass is 32.2. The highest BCUT2D eigenvalue weighted by Gasteiger charge is 2.17. The molecule has 3 aromatic rings. The summed E-state index contributed by atoms with van der Waals surface area (Å²) >= 11 is 0. The molecule has 0 atom stereocenters. The van der Waals surface area contributed by atoms with Gasteiger partial charge in [-0.15, -0.1) is 0 Å². The summed E-state index contributed by atoms with van der Waals surface area (Å²) in [6.07, 6.45) is 0. The number of benzene rings is 3. The van der Waals surface area contributed by atoms with E-state index in [1.54, 1.807) is 36.4 Å². The maximum Gasteiger partial charge on any atom is 0.270 e. The first kappa shape index (κ1) is 24.0. The van der Waals surface area contributed by atoms with E-state index in [9.17, 15) is 27.7 Å². The Bertz CT molecular complexity index is 1270. The van der Waals surface area contributed by atoms with Gasteiger partial charge in [0.2, 0.25) is 10.0 Å². The van der Waals surface area contributed by atoms with Crippen LogP contribution < -0.4 is 10.0 Å². The third kappa shape index (κ3) is 5.99. The minimum Gasteiger partial charge on any atom is -0.322 e. The van der Waals surface area contributed by atoms with Crippen molar-refractivity contribution in [3.05, 3.63) is 88.2 Å². The quantitative estimate of drug-likeness (QED) is 0.368. The molecule has 0 aromatic heterocycles. The number of nitro groups is 1. The number of carbonyl (C=O) groups excluding carboxylic acids is 1. The molecular formula is C23H22FN3O5S. The van der Waals surface area contributed by atoms with E-state index in [0.29, 0.717) is 12.2 Å². The van der Waals surface area contributed by atoms with Gasteiger partial charge in [0, 0.05) is 24.4 Å². The molecule has 0 saturated carbocycles. The van der Waals surface area contributed by atoms with E-state index in [2.05, 4.69) is 10.0 Å². The molecule has 3 aromatic carbocycles. The molecule has 0 saturated heterocycles. The maximum atomic E-state index is 13.9. The summed E-state index contributed by atoms with van der Waals surface area (Å²) in [6, 6.07) is 15.7. The standard InChI is InChI=1S/C23H22FN3O5S/c1-15(2)14-25-33(31,32)20-10-5-17(6-11-20)16-3-7-18(8-4-16)26-23(28)21-13-19(27(29)30)9-12-22(21)24/h3-13,15,25H,14H2,1-2H3,(H,26,28). The Morgan fingerprint density at radius 2 is 1.58 bits per heavy atom. The highest BCUT2D eigenvalue weighted by Crippen LogP contribution is 2.24. The first-order valence-electron chi connectivity index (χ1n) is 10.0. The van der Waals surface area contributed by atoms with E-state index in [-0.39, 0.29) is 16.5 Å². The predicted octanol–water partition coefficient (Wildman–Crippen LogP) is 4.59. The van der Waals surface area contributed by atoms with Crippen LogP contribution in [0.5, 0.6) is 0 Å². The van der Waals surface area contributed by atoms with Crippen LogP contribution in [-0.2, 0) is 10.0 Å². The number of hydrogen-bond acceptors (Lipinski definition) is 5. The number of anilines is 1. The van der Waals surface area contributed by atoms with Crippen LogP contribution in [0.2, 0.25) is 0 Å². The predicted molar refractivity (Wildman–Crippen MR) is 123 cm³/mol. The molecule has 0 heterocycles. The van der Waals surface area contributed by atoms with Crippen LogP contribution in [0.4, 0.5) is 15.8 Å². The average molecular weight is 472 g/mol. The lowest BCUT2D eigenvalue weighted by Gasteiger charge is -2.10. The second-order valence-electron chi connectivity index (χ2n) is 7.72. The summed E-state index contributed by atoms with van der Waals surface area (Å²) < 4.78 is 41.1. The lowest BCUT2D eigenvalue weighted by molar-refractivity contribution is -0.384. The summed E-state index contributed by atoms with van der Waals surface area (Å²) in [4.78, 5) is 22.7. The van der Waals surface area contributed by atoms with Gasteiger partial charge in [-0.3, -0.25) is 14.9 Å². The lowest BCUT2D eigenvalue weighted by atomic mass is 10.1. The molecule has 0 unspecified atom stereocenters. The second kappa shape index (κ2) is 9.88. The van der Waals surface area contributed by atoms with Crippen molar-refractivity contribution in [2.24, 2.45) is 5.92 Å². The zero-order valence-corrected chi connectivity index (χ0v) is 18.7. The number of nitrogens with zero attached hydrogens (tertiary/aromatic N) is 1. The van der Waals surface area contributed by atoms with Crippen LogP contribution in [0.25, 0.3) is 11.1 Å². The average Bonchev–Trinajstić information content (AvgIpc) is 2.78. The number of rotatable bonds is 8. The highest BCUT2D eigenvalue weighted by molar-refractivity contribution is 7.89. The van der Waals surface area contributed by atoms with Crippen molar-refractivity contribution in [1.82, 2.24) is 4.72 Å². The van der Waals surface area contributed by atoms with Crippen molar-refractivity contribution in [1.29, 1.82) is 0 Å². The van der Waals surface area contributed by atoms with Gasteiger partial charge in [-0.05, 0) is 47.4 Å². The third-order valence-electron chi connectivity index (χ3n) is 4.73. The molecule has 3 rings (SSSR count). The van der Waals surface area contributed by atoms with Gasteiger partial charge in [0.25, 0.3) is 11.6 Å². The van der Waals surface area contributed by atoms with Gasteiger partial charge < -0.3 is 5.32 Å². The summed E-state index contributed by atoms with van der Waals surface area (Å²) in [6.45, 7) is 4.17. The summed E-state index contributed by atoms with van der Waals surface area (Å²) in [5, 5.41) is 13.4. The fraction of sp³-hybridized carbons (Fsp3) is 0.174. The van der Waals surface area contributed by atoms with E-state index in [0.717, 1.165) is 29.3 Å². The zero-order valence-electron chi connectivity index (χ0n) is 17.9. The molecule has 0 spiro atoms. The molecule has 33 heavy (non-hydrogen) atoms. The monoisotopic (exact) mass is 471 g/mol. The second-order valence-corrected chi connectivity index (χ2v) is 9.49. The van der Waals surface area contributed by atoms with Crippen molar-refractivity contribution in [3.8, 4) is 11.1 Å². The van der Waals surface area contributed by atoms with E-state index in [1.165, 1.54) is 12.1 Å². The summed E-state index contributed by atoms with van der Waals surface area (Å²) in [5.74, 6) is -1.49. The van der Waals surface area contributed by atoms with Crippen LogP contribution in [-0.4, -0.2) is 25.8 Å². The fourth-order valence-electron chi connectivity index (χ4n) is 2.93. The Labute approximate surface area is 190 Å². The van der Waals surface area contributed by atoms with Gasteiger partial charge >= 0.3 is 0 Å². The van der Waals surface area contributed by atoms with Crippen molar-refractivity contribution >= 4 is 27.3 Å². The molecule has 1 amide bonds. The SMILES string of the molecule is CC(C)CNS(=O)(=O)c1ccc(-c2ccc(NC(=O)c3cc([N+](=O)[O-])ccc3F)cc2)cc1. The molecule has 0 aliphatic rings. The van der Waals surface area contributed by atoms with E-state index in [4.69, 9.17) is 0 Å². The number of amides is 1. The normalized spacial score (nSPS) is 11.4. The Kier molecular flexibility index (Phi) is 7.19. The van der Waals surface area contributed by atoms with Crippen molar-refractivity contribution in [2.75, 3.05) is 11.9 Å². The van der Waals surface area contributed by atoms with Gasteiger partial charge in [-0.1, -0.05) is 38.1 Å². The maximum absolute atomic E-state index is 13.9. The number of non-ortho nitro benzene ring substituents is 1. The van der Waals surface area contributed by atoms with Gasteiger partial charge in [0.1, 0.15) is 5.82 Å². The minimum atomic E-state index is -3.58. The molecular weight excluding hydrogens is 449 g/mol. The largest absolute Gasteiger partial charge is 0.322 e. The fourth-order valence-corrected chi connectivity index (χ4v) is 4.15. The summed E-state index contributed by atoms with van der Waals surface area (Å²) in [7, 11) is -3.58. The molecule has 8 nitrogen and oxygen atoms in total. The van der Waals surface area contributed by atoms with Crippen LogP contribution in [0, 0.1) is 21.8 Å². The van der Waals surface area contributed by atoms with Gasteiger partial charge in [0.05, 0.1) is 15.4 Å². The molecule has 0 aliphatic heterocycles. The Morgan fingerprint density at radius 1 is 1.00 bits per heavy atom. The topological polar surface area (TPSA) is 118 Å². The molecule has 0 radical (unpaired) electrons. The third-order valence-corrected chi connectivity index (χ3v) is 6.17. The van der Waals surface area contributed by atoms with Crippen LogP contribution >= 0.6 is 0 Å². The number of sulfonamides is 1. The van der Waals surface area contributed by atoms with Gasteiger partial charge in [-0.25, -0.2) is 17.5 Å². The molecule has 0 bridgehead atoms. The van der Waals surface area contributed by atoms with Crippen LogP contribution in [0.3, 0.4) is 0 Å². The van der Waals surface area contributed by atoms with E-state index >= 15 is 0 Å². The number of nitro benzene ring substituents is 1. The Balaban J connectivity index is 1.72. The molecule has 172 valence electrons. The number of halogens is 1. The first-order valence-corrected chi connectivity index (χ1v) is 11.5.